The summed E-state index contributed by atoms with van der Waals surface area (Å²) in [5.74, 6) is 5.96. The normalized spacial score (nSPS) is 13.5. The summed E-state index contributed by atoms with van der Waals surface area (Å²) in [6.45, 7) is 5.26. The van der Waals surface area contributed by atoms with Crippen LogP contribution in [0.25, 0.3) is 22.3 Å². The fourth-order valence-electron chi connectivity index (χ4n) is 5.23. The molecule has 1 aliphatic heterocycles. The third-order valence-corrected chi connectivity index (χ3v) is 11.3. The average Bonchev–Trinajstić information content (AvgIpc) is 3.76. The highest BCUT2D eigenvalue weighted by molar-refractivity contribution is 7.90. The number of nitrogens with two attached hydrogens (primary N) is 1. The fraction of sp³-hybridized carbons (Fsp3) is 0.219. The van der Waals surface area contributed by atoms with Crippen molar-refractivity contribution in [1.29, 1.82) is 0 Å². The van der Waals surface area contributed by atoms with Crippen molar-refractivity contribution in [3.63, 3.8) is 0 Å². The molecule has 0 atom stereocenters. The zero-order valence-corrected chi connectivity index (χ0v) is 28.8. The van der Waals surface area contributed by atoms with Crippen molar-refractivity contribution in [1.82, 2.24) is 38.2 Å². The molecule has 0 unspecified atom stereocenters. The molecule has 2 aromatic carbocycles. The van der Waals surface area contributed by atoms with Gasteiger partial charge in [-0.3, -0.25) is 10.9 Å². The Kier molecular flexibility index (Phi) is 9.67. The Morgan fingerprint density at radius 2 is 1.14 bits per heavy atom. The molecule has 6 aromatic rings. The van der Waals surface area contributed by atoms with Gasteiger partial charge in [-0.25, -0.2) is 55.4 Å². The number of nitrogen functional groups attached to an aromatic ring is 1. The van der Waals surface area contributed by atoms with E-state index in [1.165, 1.54) is 24.8 Å². The molecule has 0 radical (unpaired) electrons. The van der Waals surface area contributed by atoms with Crippen molar-refractivity contribution >= 4 is 60.0 Å². The Labute approximate surface area is 288 Å². The minimum Gasteiger partial charge on any atom is -0.323 e. The summed E-state index contributed by atoms with van der Waals surface area (Å²) in [6.07, 6.45) is 8.77. The van der Waals surface area contributed by atoms with Crippen molar-refractivity contribution in [2.24, 2.45) is 5.84 Å². The number of hydrogen-bond donors (Lipinski definition) is 4. The number of carbonyl (C=O) groups excluding carboxylic acids is 1. The largest absolute Gasteiger partial charge is 0.336 e. The van der Waals surface area contributed by atoms with Gasteiger partial charge in [0.05, 0.1) is 22.2 Å². The first-order valence-electron chi connectivity index (χ1n) is 15.6. The van der Waals surface area contributed by atoms with Crippen LogP contribution in [0, 0.1) is 13.8 Å². The fourth-order valence-corrected chi connectivity index (χ4v) is 7.83. The number of benzene rings is 2. The molecule has 0 saturated carbocycles. The molecule has 0 aliphatic carbocycles. The molecule has 5 heterocycles. The molecule has 2 amide bonds. The van der Waals surface area contributed by atoms with Crippen LogP contribution in [-0.2, 0) is 20.0 Å². The summed E-state index contributed by atoms with van der Waals surface area (Å²) in [4.78, 5) is 31.1. The number of hydrogen-bond acceptors (Lipinski definition) is 12. The van der Waals surface area contributed by atoms with Gasteiger partial charge >= 0.3 is 6.03 Å². The number of piperidine rings is 1. The Morgan fingerprint density at radius 3 is 1.62 bits per heavy atom. The van der Waals surface area contributed by atoms with Crippen LogP contribution in [-0.4, -0.2) is 68.7 Å². The molecule has 260 valence electrons. The van der Waals surface area contributed by atoms with Gasteiger partial charge in [-0.15, -0.1) is 0 Å². The quantitative estimate of drug-likeness (QED) is 0.137. The maximum atomic E-state index is 12.9. The van der Waals surface area contributed by atoms with Crippen molar-refractivity contribution in [3.05, 3.63) is 96.6 Å². The molecule has 0 spiro atoms. The van der Waals surface area contributed by atoms with E-state index in [1.807, 2.05) is 13.8 Å². The van der Waals surface area contributed by atoms with E-state index in [0.29, 0.717) is 22.7 Å². The maximum absolute atomic E-state index is 12.9. The molecule has 7 rings (SSSR count). The summed E-state index contributed by atoms with van der Waals surface area (Å²) < 4.78 is 53.3. The molecular formula is C32H35N11O5S2. The van der Waals surface area contributed by atoms with Crippen molar-refractivity contribution in [2.75, 3.05) is 23.9 Å². The first-order valence-corrected chi connectivity index (χ1v) is 18.5. The van der Waals surface area contributed by atoms with E-state index in [9.17, 15) is 21.6 Å². The number of aromatic nitrogens is 6. The predicted octanol–water partition coefficient (Wildman–Crippen LogP) is 3.76. The number of anilines is 2. The summed E-state index contributed by atoms with van der Waals surface area (Å²) in [6, 6.07) is 16.2. The first-order chi connectivity index (χ1) is 24.0. The number of urea groups is 1. The van der Waals surface area contributed by atoms with Crippen LogP contribution in [0.3, 0.4) is 0 Å². The number of rotatable bonds is 7. The van der Waals surface area contributed by atoms with E-state index in [2.05, 4.69) is 36.2 Å². The summed E-state index contributed by atoms with van der Waals surface area (Å²) in [7, 11) is -7.47. The lowest BCUT2D eigenvalue weighted by Crippen LogP contribution is -2.45. The highest BCUT2D eigenvalue weighted by Gasteiger charge is 2.22. The van der Waals surface area contributed by atoms with Gasteiger partial charge in [-0.05, 0) is 69.5 Å². The highest BCUT2D eigenvalue weighted by atomic mass is 32.2. The Hall–Kier alpha value is -5.59. The molecule has 1 saturated heterocycles. The van der Waals surface area contributed by atoms with E-state index in [-0.39, 0.29) is 27.1 Å². The second kappa shape index (κ2) is 14.1. The molecule has 50 heavy (non-hydrogen) atoms. The van der Waals surface area contributed by atoms with Gasteiger partial charge in [0.25, 0.3) is 20.0 Å². The molecule has 4 aromatic heterocycles. The monoisotopic (exact) mass is 717 g/mol. The van der Waals surface area contributed by atoms with Crippen LogP contribution in [0.1, 0.15) is 30.4 Å². The zero-order valence-electron chi connectivity index (χ0n) is 27.2. The topological polar surface area (TPSA) is 212 Å². The Morgan fingerprint density at radius 1 is 0.680 bits per heavy atom. The van der Waals surface area contributed by atoms with Gasteiger partial charge in [-0.2, -0.15) is 0 Å². The van der Waals surface area contributed by atoms with Gasteiger partial charge in [-0.1, -0.05) is 35.4 Å². The van der Waals surface area contributed by atoms with Crippen molar-refractivity contribution in [2.45, 2.75) is 42.9 Å². The molecular weight excluding hydrogens is 683 g/mol. The van der Waals surface area contributed by atoms with Crippen LogP contribution in [0.15, 0.2) is 95.2 Å². The van der Waals surface area contributed by atoms with E-state index in [4.69, 9.17) is 5.84 Å². The molecule has 18 heteroatoms. The number of amides is 2. The molecule has 16 nitrogen and oxygen atoms in total. The first kappa shape index (κ1) is 34.3. The predicted molar refractivity (Wildman–Crippen MR) is 188 cm³/mol. The smallest absolute Gasteiger partial charge is 0.323 e. The SMILES string of the molecule is Cc1ccc(S(=O)(=O)n2ccc3nc(NN)cnc32)cc1.Cc1ccc(S(=O)(=O)n2ccc3nc(NNC(=O)N4CCCCC4)cnc32)cc1. The summed E-state index contributed by atoms with van der Waals surface area (Å²) >= 11 is 0. The second-order valence-corrected chi connectivity index (χ2v) is 15.2. The van der Waals surface area contributed by atoms with Crippen molar-refractivity contribution in [3.8, 4) is 0 Å². The van der Waals surface area contributed by atoms with Crippen LogP contribution in [0.5, 0.6) is 0 Å². The van der Waals surface area contributed by atoms with E-state index in [1.54, 1.807) is 65.6 Å². The summed E-state index contributed by atoms with van der Waals surface area (Å²) in [5, 5.41) is 0. The lowest BCUT2D eigenvalue weighted by molar-refractivity contribution is 0.188. The average molecular weight is 718 g/mol. The van der Waals surface area contributed by atoms with Crippen LogP contribution >= 0.6 is 0 Å². The molecule has 1 fully saturated rings. The highest BCUT2D eigenvalue weighted by Crippen LogP contribution is 2.22. The summed E-state index contributed by atoms with van der Waals surface area (Å²) in [5.41, 5.74) is 11.0. The van der Waals surface area contributed by atoms with Gasteiger partial charge in [0.2, 0.25) is 0 Å². The lowest BCUT2D eigenvalue weighted by atomic mass is 10.1. The third-order valence-electron chi connectivity index (χ3n) is 7.96. The van der Waals surface area contributed by atoms with Gasteiger partial charge in [0.15, 0.2) is 22.9 Å². The lowest BCUT2D eigenvalue weighted by Gasteiger charge is -2.26. The Bertz CT molecular complexity index is 2370. The van der Waals surface area contributed by atoms with Crippen LogP contribution in [0.4, 0.5) is 16.4 Å². The van der Waals surface area contributed by atoms with Gasteiger partial charge in [0, 0.05) is 25.5 Å². The second-order valence-electron chi connectivity index (χ2n) is 11.5. The molecule has 5 N–H and O–H groups in total. The van der Waals surface area contributed by atoms with E-state index < -0.39 is 20.0 Å². The number of aryl methyl sites for hydroxylation is 2. The number of nitrogens with one attached hydrogen (secondary N) is 3. The van der Waals surface area contributed by atoms with E-state index >= 15 is 0 Å². The van der Waals surface area contributed by atoms with E-state index in [0.717, 1.165) is 51.4 Å². The number of hydrazine groups is 2. The van der Waals surface area contributed by atoms with Crippen LogP contribution < -0.4 is 22.1 Å². The van der Waals surface area contributed by atoms with Gasteiger partial charge < -0.3 is 10.3 Å². The van der Waals surface area contributed by atoms with Crippen molar-refractivity contribution < 1.29 is 21.6 Å². The maximum Gasteiger partial charge on any atom is 0.336 e. The zero-order chi connectivity index (χ0) is 35.5. The number of nitrogens with zero attached hydrogens (tertiary/aromatic N) is 7. The molecule has 0 bridgehead atoms. The number of fused-ring (bicyclic) bond motifs is 2. The minimum absolute atomic E-state index is 0.179. The minimum atomic E-state index is -3.77. The number of likely N-dealkylation sites (tertiary alicyclic amines) is 1. The standard InChI is InChI=1S/C19H22N6O3S.C13H13N5O2S/c1-14-5-7-15(8-6-14)29(27,28)25-12-9-16-18(25)20-13-17(21-16)22-23-19(26)24-10-3-2-4-11-24;1-9-2-4-10(5-3-9)21(19,20)18-7-6-11-13(18)15-8-12(16-11)17-14/h5-9,12-13H,2-4,10-11H2,1H3,(H,21,22)(H,23,26);2-8H,14H2,1H3,(H,16,17). The van der Waals surface area contributed by atoms with Gasteiger partial charge in [0.1, 0.15) is 11.0 Å². The molecule has 1 aliphatic rings. The number of carbonyl (C=O) groups is 1. The third kappa shape index (κ3) is 7.07. The Balaban J connectivity index is 0.000000182. The van der Waals surface area contributed by atoms with Crippen LogP contribution in [0.2, 0.25) is 0 Å².